The molecule has 0 saturated heterocycles. The first kappa shape index (κ1) is 25.5. The standard InChI is InChI=1S/C43H27NO2/c1-22-14-19-34(24(3)23(22)2)44-42(45)40-32-20-30(25-10-6-4-7-11-25)28-17-15-27-16-18-29-31(26-12-8-5-9-13-26)21-33(41(40)43(44)46)39-37(29)35(27)36(28)38(32)39/h4-21H,1-3H3. The van der Waals surface area contributed by atoms with Crippen molar-refractivity contribution in [3.63, 3.8) is 0 Å². The zero-order chi connectivity index (χ0) is 31.0. The zero-order valence-corrected chi connectivity index (χ0v) is 25.7. The number of aromatic nitrogens is 1. The van der Waals surface area contributed by atoms with E-state index in [1.807, 2.05) is 31.2 Å². The highest BCUT2D eigenvalue weighted by molar-refractivity contribution is 6.50. The lowest BCUT2D eigenvalue weighted by Gasteiger charge is -2.12. The fourth-order valence-corrected chi connectivity index (χ4v) is 8.30. The molecule has 0 bridgehead atoms. The van der Waals surface area contributed by atoms with Crippen LogP contribution in [0.25, 0.3) is 92.6 Å². The third-order valence-corrected chi connectivity index (χ3v) is 10.7. The molecule has 0 aliphatic heterocycles. The van der Waals surface area contributed by atoms with Gasteiger partial charge in [-0.25, -0.2) is 4.57 Å². The summed E-state index contributed by atoms with van der Waals surface area (Å²) >= 11 is 0. The second-order valence-corrected chi connectivity index (χ2v) is 12.8. The predicted octanol–water partition coefficient (Wildman–Crippen LogP) is 10.1. The third kappa shape index (κ3) is 2.98. The molecule has 9 aromatic carbocycles. The van der Waals surface area contributed by atoms with Crippen molar-refractivity contribution in [3.05, 3.63) is 147 Å². The molecule has 0 unspecified atom stereocenters. The molecule has 1 heterocycles. The molecule has 0 spiro atoms. The third-order valence-electron chi connectivity index (χ3n) is 10.7. The predicted molar refractivity (Wildman–Crippen MR) is 193 cm³/mol. The quantitative estimate of drug-likeness (QED) is 0.192. The van der Waals surface area contributed by atoms with Crippen molar-refractivity contribution < 1.29 is 0 Å². The molecule has 0 aliphatic carbocycles. The van der Waals surface area contributed by atoms with Gasteiger partial charge < -0.3 is 0 Å². The number of hydrogen-bond acceptors (Lipinski definition) is 2. The molecular weight excluding hydrogens is 562 g/mol. The largest absolute Gasteiger partial charge is 0.268 e. The molecule has 10 aromatic rings. The topological polar surface area (TPSA) is 39.1 Å². The Balaban J connectivity index is 1.53. The van der Waals surface area contributed by atoms with Gasteiger partial charge in [-0.1, -0.05) is 91.0 Å². The van der Waals surface area contributed by atoms with E-state index in [2.05, 4.69) is 98.8 Å². The number of nitrogens with zero attached hydrogens (tertiary/aromatic N) is 1. The van der Waals surface area contributed by atoms with Crippen LogP contribution >= 0.6 is 0 Å². The van der Waals surface area contributed by atoms with E-state index in [4.69, 9.17) is 0 Å². The minimum Gasteiger partial charge on any atom is -0.268 e. The summed E-state index contributed by atoms with van der Waals surface area (Å²) in [5, 5.41) is 11.9. The molecule has 10 rings (SSSR count). The molecule has 0 amide bonds. The fraction of sp³-hybridized carbons (Fsp3) is 0.0698. The first-order valence-corrected chi connectivity index (χ1v) is 15.8. The van der Waals surface area contributed by atoms with Crippen molar-refractivity contribution in [3.8, 4) is 27.9 Å². The monoisotopic (exact) mass is 589 g/mol. The second kappa shape index (κ2) is 8.68. The lowest BCUT2D eigenvalue weighted by Crippen LogP contribution is -2.24. The molecule has 1 aromatic heterocycles. The molecule has 0 atom stereocenters. The summed E-state index contributed by atoms with van der Waals surface area (Å²) in [7, 11) is 0. The van der Waals surface area contributed by atoms with E-state index in [0.29, 0.717) is 16.5 Å². The lowest BCUT2D eigenvalue weighted by molar-refractivity contribution is 0.971. The number of rotatable bonds is 3. The molecule has 0 aliphatic rings. The van der Waals surface area contributed by atoms with Gasteiger partial charge >= 0.3 is 0 Å². The molecule has 3 heteroatoms. The van der Waals surface area contributed by atoms with Crippen molar-refractivity contribution in [2.24, 2.45) is 0 Å². The molecule has 0 saturated carbocycles. The molecular formula is C43H27NO2. The molecule has 0 N–H and O–H groups in total. The highest BCUT2D eigenvalue weighted by atomic mass is 16.2. The molecule has 0 radical (unpaired) electrons. The summed E-state index contributed by atoms with van der Waals surface area (Å²) < 4.78 is 1.43. The summed E-state index contributed by atoms with van der Waals surface area (Å²) in [4.78, 5) is 29.6. The highest BCUT2D eigenvalue weighted by Gasteiger charge is 2.29. The van der Waals surface area contributed by atoms with Crippen molar-refractivity contribution in [1.29, 1.82) is 0 Å². The Hall–Kier alpha value is -5.80. The molecule has 3 nitrogen and oxygen atoms in total. The van der Waals surface area contributed by atoms with Crippen LogP contribution in [0, 0.1) is 20.8 Å². The van der Waals surface area contributed by atoms with Crippen LogP contribution in [0.2, 0.25) is 0 Å². The normalized spacial score (nSPS) is 12.4. The van der Waals surface area contributed by atoms with E-state index in [-0.39, 0.29) is 11.1 Å². The maximum Gasteiger partial charge on any atom is 0.266 e. The van der Waals surface area contributed by atoms with Gasteiger partial charge in [-0.3, -0.25) is 9.59 Å². The Kier molecular flexibility index (Phi) is 4.81. The maximum atomic E-state index is 14.8. The van der Waals surface area contributed by atoms with Crippen LogP contribution in [-0.2, 0) is 0 Å². The van der Waals surface area contributed by atoms with Gasteiger partial charge in [0.15, 0.2) is 0 Å². The van der Waals surface area contributed by atoms with Gasteiger partial charge in [0.2, 0.25) is 0 Å². The van der Waals surface area contributed by atoms with Crippen molar-refractivity contribution >= 4 is 64.6 Å². The van der Waals surface area contributed by atoms with Crippen LogP contribution < -0.4 is 11.1 Å². The van der Waals surface area contributed by atoms with Gasteiger partial charge in [0, 0.05) is 0 Å². The summed E-state index contributed by atoms with van der Waals surface area (Å²) in [5.74, 6) is 0. The van der Waals surface area contributed by atoms with E-state index < -0.39 is 0 Å². The van der Waals surface area contributed by atoms with Gasteiger partial charge in [0.05, 0.1) is 16.5 Å². The minimum atomic E-state index is -0.254. The van der Waals surface area contributed by atoms with Gasteiger partial charge in [-0.05, 0) is 132 Å². The van der Waals surface area contributed by atoms with E-state index >= 15 is 0 Å². The fourth-order valence-electron chi connectivity index (χ4n) is 8.30. The first-order chi connectivity index (χ1) is 22.4. The number of fused-ring (bicyclic) bond motifs is 3. The first-order valence-electron chi connectivity index (χ1n) is 15.8. The second-order valence-electron chi connectivity index (χ2n) is 12.8. The van der Waals surface area contributed by atoms with Gasteiger partial charge in [0.1, 0.15) is 0 Å². The number of benzene rings is 8. The highest BCUT2D eigenvalue weighted by Crippen LogP contribution is 2.53. The molecule has 216 valence electrons. The van der Waals surface area contributed by atoms with E-state index in [0.717, 1.165) is 71.3 Å². The Morgan fingerprint density at radius 2 is 0.913 bits per heavy atom. The Bertz CT molecular complexity index is 2790. The summed E-state index contributed by atoms with van der Waals surface area (Å²) in [6.45, 7) is 6.12. The number of hydrogen-bond donors (Lipinski definition) is 0. The van der Waals surface area contributed by atoms with Gasteiger partial charge in [-0.2, -0.15) is 0 Å². The minimum absolute atomic E-state index is 0.254. The maximum absolute atomic E-state index is 14.8. The Labute approximate surface area is 263 Å². The van der Waals surface area contributed by atoms with Crippen LogP contribution in [0.5, 0.6) is 0 Å². The van der Waals surface area contributed by atoms with Gasteiger partial charge in [-0.15, -0.1) is 0 Å². The van der Waals surface area contributed by atoms with E-state index in [9.17, 15) is 9.59 Å². The molecule has 0 fully saturated rings. The Morgan fingerprint density at radius 1 is 0.435 bits per heavy atom. The number of aryl methyl sites for hydroxylation is 1. The van der Waals surface area contributed by atoms with Crippen molar-refractivity contribution in [1.82, 2.24) is 4.57 Å². The van der Waals surface area contributed by atoms with Crippen LogP contribution in [0.15, 0.2) is 119 Å². The molecule has 46 heavy (non-hydrogen) atoms. The van der Waals surface area contributed by atoms with Crippen LogP contribution in [0.4, 0.5) is 0 Å². The van der Waals surface area contributed by atoms with Gasteiger partial charge in [0.25, 0.3) is 11.1 Å². The van der Waals surface area contributed by atoms with E-state index in [1.165, 1.54) is 26.1 Å². The SMILES string of the molecule is Cc1ccc(-n2c(=O)c3c4cc(-c5ccccc5)c5ccc6ccc7c(-c8ccccc8)cc(c3c2=O)c2c7c6c5c42)c(C)c1C. The van der Waals surface area contributed by atoms with Crippen molar-refractivity contribution in [2.75, 3.05) is 0 Å². The summed E-state index contributed by atoms with van der Waals surface area (Å²) in [5.41, 5.74) is 7.64. The summed E-state index contributed by atoms with van der Waals surface area (Å²) in [6, 6.07) is 37.9. The smallest absolute Gasteiger partial charge is 0.266 e. The Morgan fingerprint density at radius 3 is 1.41 bits per heavy atom. The average Bonchev–Trinajstić information content (AvgIpc) is 3.59. The average molecular weight is 590 g/mol. The summed E-state index contributed by atoms with van der Waals surface area (Å²) in [6.07, 6.45) is 0. The van der Waals surface area contributed by atoms with E-state index in [1.54, 1.807) is 0 Å². The van der Waals surface area contributed by atoms with Crippen LogP contribution in [0.3, 0.4) is 0 Å². The lowest BCUT2D eigenvalue weighted by atomic mass is 9.89. The van der Waals surface area contributed by atoms with Crippen LogP contribution in [0.1, 0.15) is 16.7 Å². The zero-order valence-electron chi connectivity index (χ0n) is 25.7. The van der Waals surface area contributed by atoms with Crippen LogP contribution in [-0.4, -0.2) is 4.57 Å². The van der Waals surface area contributed by atoms with Crippen molar-refractivity contribution in [2.45, 2.75) is 20.8 Å².